The molecule has 21 heavy (non-hydrogen) atoms. The number of rotatable bonds is 4. The lowest BCUT2D eigenvalue weighted by atomic mass is 10.2. The maximum atomic E-state index is 12.3. The van der Waals surface area contributed by atoms with Gasteiger partial charge in [0.15, 0.2) is 5.75 Å². The van der Waals surface area contributed by atoms with E-state index in [1.165, 1.54) is 12.1 Å². The third-order valence-electron chi connectivity index (χ3n) is 2.87. The first-order valence-corrected chi connectivity index (χ1v) is 6.55. The fraction of sp³-hybridized carbons (Fsp3) is 0.333. The van der Waals surface area contributed by atoms with Gasteiger partial charge in [-0.05, 0) is 24.6 Å². The fourth-order valence-corrected chi connectivity index (χ4v) is 2.13. The molecule has 1 aliphatic rings. The van der Waals surface area contributed by atoms with E-state index in [0.717, 1.165) is 6.07 Å². The highest BCUT2D eigenvalue weighted by Gasteiger charge is 2.48. The number of anilines is 1. The average Bonchev–Trinajstić information content (AvgIpc) is 3.10. The number of alkyl halides is 3. The third-order valence-corrected chi connectivity index (χ3v) is 3.36. The maximum absolute atomic E-state index is 12.3. The van der Waals surface area contributed by atoms with E-state index < -0.39 is 35.8 Å². The number of halogens is 4. The number of carbonyl (C=O) groups excluding carboxylic acids is 1. The van der Waals surface area contributed by atoms with E-state index >= 15 is 0 Å². The van der Waals surface area contributed by atoms with Gasteiger partial charge in [-0.15, -0.1) is 13.2 Å². The molecule has 1 aromatic rings. The van der Waals surface area contributed by atoms with Crippen LogP contribution in [0.1, 0.15) is 6.42 Å². The molecule has 0 heterocycles. The van der Waals surface area contributed by atoms with Crippen LogP contribution < -0.4 is 10.1 Å². The van der Waals surface area contributed by atoms with E-state index in [4.69, 9.17) is 5.11 Å². The Kier molecular flexibility index (Phi) is 4.13. The molecule has 5 nitrogen and oxygen atoms in total. The number of aliphatic carboxylic acids is 1. The van der Waals surface area contributed by atoms with Crippen molar-refractivity contribution in [1.82, 2.24) is 0 Å². The molecule has 0 bridgehead atoms. The first-order chi connectivity index (χ1) is 9.67. The van der Waals surface area contributed by atoms with Gasteiger partial charge in [0.05, 0.1) is 17.5 Å². The molecule has 0 aromatic heterocycles. The summed E-state index contributed by atoms with van der Waals surface area (Å²) in [6.07, 6.45) is -4.73. The third kappa shape index (κ3) is 4.10. The molecular weight excluding hydrogens is 359 g/mol. The lowest BCUT2D eigenvalue weighted by Crippen LogP contribution is -2.21. The van der Waals surface area contributed by atoms with Crippen molar-refractivity contribution < 1.29 is 32.6 Å². The Labute approximate surface area is 125 Å². The van der Waals surface area contributed by atoms with E-state index in [-0.39, 0.29) is 12.1 Å². The second-order valence-corrected chi connectivity index (χ2v) is 5.38. The highest BCUT2D eigenvalue weighted by molar-refractivity contribution is 9.10. The van der Waals surface area contributed by atoms with Crippen molar-refractivity contribution in [2.24, 2.45) is 11.8 Å². The summed E-state index contributed by atoms with van der Waals surface area (Å²) in [5, 5.41) is 11.0. The fourth-order valence-electron chi connectivity index (χ4n) is 1.79. The van der Waals surface area contributed by atoms with Crippen LogP contribution in [0, 0.1) is 11.8 Å². The van der Waals surface area contributed by atoms with Crippen LogP contribution in [-0.2, 0) is 9.59 Å². The second-order valence-electron chi connectivity index (χ2n) is 4.46. The lowest BCUT2D eigenvalue weighted by molar-refractivity contribution is -0.274. The monoisotopic (exact) mass is 367 g/mol. The normalized spacial score (nSPS) is 20.8. The van der Waals surface area contributed by atoms with Crippen LogP contribution in [0.2, 0.25) is 0 Å². The molecule has 1 saturated carbocycles. The molecule has 0 unspecified atom stereocenters. The SMILES string of the molecule is O=C(O)[C@H]1C[C@H]1C(=O)Nc1ccc(Br)cc1OC(F)(F)F. The smallest absolute Gasteiger partial charge is 0.481 e. The molecule has 1 aliphatic carbocycles. The van der Waals surface area contributed by atoms with Gasteiger partial charge in [0.1, 0.15) is 0 Å². The van der Waals surface area contributed by atoms with Crippen LogP contribution in [0.3, 0.4) is 0 Å². The number of carboxylic acids is 1. The number of carboxylic acid groups (broad SMARTS) is 1. The Hall–Kier alpha value is -1.77. The topological polar surface area (TPSA) is 75.6 Å². The van der Waals surface area contributed by atoms with Gasteiger partial charge in [0.25, 0.3) is 0 Å². The molecule has 1 fully saturated rings. The van der Waals surface area contributed by atoms with Gasteiger partial charge in [-0.2, -0.15) is 0 Å². The molecule has 1 amide bonds. The molecule has 0 spiro atoms. The number of hydrogen-bond donors (Lipinski definition) is 2. The molecule has 2 rings (SSSR count). The number of hydrogen-bond acceptors (Lipinski definition) is 3. The number of nitrogens with one attached hydrogen (secondary N) is 1. The summed E-state index contributed by atoms with van der Waals surface area (Å²) < 4.78 is 41.1. The van der Waals surface area contributed by atoms with E-state index in [0.29, 0.717) is 4.47 Å². The van der Waals surface area contributed by atoms with E-state index in [2.05, 4.69) is 26.0 Å². The van der Waals surface area contributed by atoms with Crippen molar-refractivity contribution in [1.29, 1.82) is 0 Å². The van der Waals surface area contributed by atoms with Gasteiger partial charge < -0.3 is 15.2 Å². The lowest BCUT2D eigenvalue weighted by Gasteiger charge is -2.14. The molecule has 1 aromatic carbocycles. The summed E-state index contributed by atoms with van der Waals surface area (Å²) in [7, 11) is 0. The van der Waals surface area contributed by atoms with Crippen molar-refractivity contribution in [2.75, 3.05) is 5.32 Å². The molecule has 9 heteroatoms. The van der Waals surface area contributed by atoms with E-state index in [9.17, 15) is 22.8 Å². The zero-order chi connectivity index (χ0) is 15.8. The van der Waals surface area contributed by atoms with Crippen LogP contribution in [0.4, 0.5) is 18.9 Å². The quantitative estimate of drug-likeness (QED) is 0.857. The van der Waals surface area contributed by atoms with Crippen LogP contribution in [-0.4, -0.2) is 23.3 Å². The maximum Gasteiger partial charge on any atom is 0.573 e. The Bertz CT molecular complexity index is 590. The van der Waals surface area contributed by atoms with Crippen LogP contribution in [0.25, 0.3) is 0 Å². The number of amides is 1. The Balaban J connectivity index is 2.13. The largest absolute Gasteiger partial charge is 0.573 e. The Morgan fingerprint density at radius 3 is 2.52 bits per heavy atom. The summed E-state index contributed by atoms with van der Waals surface area (Å²) in [6, 6.07) is 3.73. The zero-order valence-electron chi connectivity index (χ0n) is 10.3. The van der Waals surface area contributed by atoms with Gasteiger partial charge in [0, 0.05) is 4.47 Å². The zero-order valence-corrected chi connectivity index (χ0v) is 11.9. The van der Waals surface area contributed by atoms with Gasteiger partial charge in [-0.3, -0.25) is 9.59 Å². The van der Waals surface area contributed by atoms with Crippen molar-refractivity contribution in [3.8, 4) is 5.75 Å². The van der Waals surface area contributed by atoms with Crippen molar-refractivity contribution in [3.63, 3.8) is 0 Å². The van der Waals surface area contributed by atoms with Gasteiger partial charge in [-0.25, -0.2) is 0 Å². The molecule has 2 atom stereocenters. The van der Waals surface area contributed by atoms with Crippen LogP contribution in [0.15, 0.2) is 22.7 Å². The van der Waals surface area contributed by atoms with Crippen LogP contribution in [0.5, 0.6) is 5.75 Å². The minimum atomic E-state index is -4.90. The first kappa shape index (κ1) is 15.6. The van der Waals surface area contributed by atoms with E-state index in [1.807, 2.05) is 0 Å². The van der Waals surface area contributed by atoms with Gasteiger partial charge in [-0.1, -0.05) is 15.9 Å². The van der Waals surface area contributed by atoms with Crippen molar-refractivity contribution >= 4 is 33.5 Å². The summed E-state index contributed by atoms with van der Waals surface area (Å²) in [5.41, 5.74) is -0.170. The average molecular weight is 368 g/mol. The predicted molar refractivity (Wildman–Crippen MR) is 68.7 cm³/mol. The van der Waals surface area contributed by atoms with Gasteiger partial charge >= 0.3 is 12.3 Å². The van der Waals surface area contributed by atoms with Crippen molar-refractivity contribution in [3.05, 3.63) is 22.7 Å². The molecular formula is C12H9BrF3NO4. The van der Waals surface area contributed by atoms with E-state index in [1.54, 1.807) is 0 Å². The summed E-state index contributed by atoms with van der Waals surface area (Å²) in [6.45, 7) is 0. The second kappa shape index (κ2) is 5.55. The minimum Gasteiger partial charge on any atom is -0.481 e. The molecule has 2 N–H and O–H groups in total. The standard InChI is InChI=1S/C12H9BrF3NO4/c13-5-1-2-8(9(3-5)21-12(14,15)16)17-10(18)6-4-7(6)11(19)20/h1-3,6-7H,4H2,(H,17,18)(H,19,20)/t6-,7+/m1/s1. The summed E-state index contributed by atoms with van der Waals surface area (Å²) in [5.74, 6) is -3.83. The first-order valence-electron chi connectivity index (χ1n) is 5.76. The summed E-state index contributed by atoms with van der Waals surface area (Å²) >= 11 is 3.00. The number of carbonyl (C=O) groups is 2. The highest BCUT2D eigenvalue weighted by atomic mass is 79.9. The Morgan fingerprint density at radius 1 is 1.33 bits per heavy atom. The molecule has 0 aliphatic heterocycles. The highest BCUT2D eigenvalue weighted by Crippen LogP contribution is 2.40. The number of benzene rings is 1. The molecule has 0 radical (unpaired) electrons. The van der Waals surface area contributed by atoms with Gasteiger partial charge in [0.2, 0.25) is 5.91 Å². The number of ether oxygens (including phenoxy) is 1. The Morgan fingerprint density at radius 2 is 2.00 bits per heavy atom. The van der Waals surface area contributed by atoms with Crippen LogP contribution >= 0.6 is 15.9 Å². The van der Waals surface area contributed by atoms with Crippen molar-refractivity contribution in [2.45, 2.75) is 12.8 Å². The molecule has 0 saturated heterocycles. The minimum absolute atomic E-state index is 0.170. The predicted octanol–water partition coefficient (Wildman–Crippen LogP) is 3.01. The summed E-state index contributed by atoms with van der Waals surface area (Å²) in [4.78, 5) is 22.4. The molecule has 114 valence electrons.